The Balaban J connectivity index is 1.12. The van der Waals surface area contributed by atoms with Crippen LogP contribution in [-0.4, -0.2) is 54.3 Å². The van der Waals surface area contributed by atoms with Gasteiger partial charge in [-0.2, -0.15) is 11.8 Å². The molecule has 0 heterocycles. The lowest BCUT2D eigenvalue weighted by molar-refractivity contribution is -0.143. The summed E-state index contributed by atoms with van der Waals surface area (Å²) < 4.78 is 5.51. The Labute approximate surface area is 203 Å². The molecule has 180 valence electrons. The summed E-state index contributed by atoms with van der Waals surface area (Å²) in [5.74, 6) is -0.337. The smallest absolute Gasteiger partial charge is 0.407 e. The van der Waals surface area contributed by atoms with Gasteiger partial charge in [-0.3, -0.25) is 9.59 Å². The Kier molecular flexibility index (Phi) is 8.11. The molecule has 2 aromatic rings. The summed E-state index contributed by atoms with van der Waals surface area (Å²) in [5.41, 5.74) is 4.72. The van der Waals surface area contributed by atoms with Crippen LogP contribution in [0.1, 0.15) is 36.3 Å². The molecule has 0 radical (unpaired) electrons. The first-order chi connectivity index (χ1) is 16.5. The van der Waals surface area contributed by atoms with E-state index in [1.165, 1.54) is 34.0 Å². The van der Waals surface area contributed by atoms with Gasteiger partial charge in [0.05, 0.1) is 11.7 Å². The number of carbonyl (C=O) groups is 3. The highest BCUT2D eigenvalue weighted by atomic mass is 32.2. The van der Waals surface area contributed by atoms with Gasteiger partial charge in [0.25, 0.3) is 0 Å². The molecule has 4 rings (SSSR count). The Bertz CT molecular complexity index is 998. The number of rotatable bonds is 10. The number of ether oxygens (including phenoxy) is 1. The molecule has 2 unspecified atom stereocenters. The predicted octanol–water partition coefficient (Wildman–Crippen LogP) is 3.88. The van der Waals surface area contributed by atoms with Gasteiger partial charge in [0.2, 0.25) is 5.91 Å². The molecule has 0 saturated heterocycles. The molecular weight excluding hydrogens is 452 g/mol. The number of carbonyl (C=O) groups excluding carboxylic acids is 2. The highest BCUT2D eigenvalue weighted by Gasteiger charge is 2.33. The van der Waals surface area contributed by atoms with Gasteiger partial charge in [0.1, 0.15) is 6.61 Å². The molecule has 2 aliphatic rings. The monoisotopic (exact) mass is 482 g/mol. The third-order valence-corrected chi connectivity index (χ3v) is 7.59. The fourth-order valence-electron chi connectivity index (χ4n) is 4.94. The predicted molar refractivity (Wildman–Crippen MR) is 132 cm³/mol. The standard InChI is InChI=1S/C26H30N2O5S/c29-24(28-14-17-6-5-11-18(17)25(30)31)16-34-13-12-27-26(32)33-15-23-21-9-3-1-7-19(21)20-8-2-4-10-22(20)23/h1-4,7-10,17-18,23H,5-6,11-16H2,(H,27,32)(H,28,29)(H,30,31). The van der Waals surface area contributed by atoms with Crippen molar-refractivity contribution >= 4 is 29.7 Å². The summed E-state index contributed by atoms with van der Waals surface area (Å²) in [4.78, 5) is 35.4. The molecule has 2 amide bonds. The molecule has 2 aromatic carbocycles. The van der Waals surface area contributed by atoms with Crippen LogP contribution >= 0.6 is 11.8 Å². The minimum Gasteiger partial charge on any atom is -0.481 e. The number of alkyl carbamates (subject to hydrolysis) is 1. The molecule has 34 heavy (non-hydrogen) atoms. The van der Waals surface area contributed by atoms with Gasteiger partial charge in [-0.1, -0.05) is 55.0 Å². The summed E-state index contributed by atoms with van der Waals surface area (Å²) >= 11 is 1.42. The maximum absolute atomic E-state index is 12.2. The van der Waals surface area contributed by atoms with Crippen molar-refractivity contribution in [2.45, 2.75) is 25.2 Å². The lowest BCUT2D eigenvalue weighted by atomic mass is 9.96. The summed E-state index contributed by atoms with van der Waals surface area (Å²) in [7, 11) is 0. The number of hydrogen-bond donors (Lipinski definition) is 3. The molecule has 1 saturated carbocycles. The second-order valence-corrected chi connectivity index (χ2v) is 9.85. The molecule has 0 aromatic heterocycles. The van der Waals surface area contributed by atoms with Crippen LogP contribution in [0.15, 0.2) is 48.5 Å². The highest BCUT2D eigenvalue weighted by Crippen LogP contribution is 2.44. The van der Waals surface area contributed by atoms with Crippen molar-refractivity contribution in [1.29, 1.82) is 0 Å². The number of carboxylic acids is 1. The Morgan fingerprint density at radius 1 is 0.971 bits per heavy atom. The maximum atomic E-state index is 12.2. The van der Waals surface area contributed by atoms with Gasteiger partial charge < -0.3 is 20.5 Å². The van der Waals surface area contributed by atoms with E-state index in [4.69, 9.17) is 4.74 Å². The van der Waals surface area contributed by atoms with E-state index in [9.17, 15) is 19.5 Å². The summed E-state index contributed by atoms with van der Waals surface area (Å²) in [6, 6.07) is 16.4. The van der Waals surface area contributed by atoms with E-state index in [0.717, 1.165) is 12.8 Å². The Morgan fingerprint density at radius 3 is 2.32 bits per heavy atom. The summed E-state index contributed by atoms with van der Waals surface area (Å²) in [5, 5.41) is 14.8. The fourth-order valence-corrected chi connectivity index (χ4v) is 5.62. The minimum absolute atomic E-state index is 0.0154. The number of carboxylic acid groups (broad SMARTS) is 1. The first-order valence-electron chi connectivity index (χ1n) is 11.7. The number of amides is 2. The van der Waals surface area contributed by atoms with E-state index >= 15 is 0 Å². The van der Waals surface area contributed by atoms with Gasteiger partial charge >= 0.3 is 12.1 Å². The average molecular weight is 483 g/mol. The van der Waals surface area contributed by atoms with Gasteiger partial charge in [-0.15, -0.1) is 0 Å². The normalized spacial score (nSPS) is 18.7. The zero-order chi connectivity index (χ0) is 23.9. The molecular formula is C26H30N2O5S. The number of hydrogen-bond acceptors (Lipinski definition) is 5. The van der Waals surface area contributed by atoms with Crippen LogP contribution in [0, 0.1) is 11.8 Å². The number of nitrogens with one attached hydrogen (secondary N) is 2. The van der Waals surface area contributed by atoms with E-state index in [-0.39, 0.29) is 36.0 Å². The van der Waals surface area contributed by atoms with Gasteiger partial charge in [0, 0.05) is 24.8 Å². The lowest BCUT2D eigenvalue weighted by Gasteiger charge is -2.16. The van der Waals surface area contributed by atoms with E-state index in [2.05, 4.69) is 34.9 Å². The number of benzene rings is 2. The number of fused-ring (bicyclic) bond motifs is 3. The molecule has 2 aliphatic carbocycles. The van der Waals surface area contributed by atoms with E-state index < -0.39 is 12.1 Å². The maximum Gasteiger partial charge on any atom is 0.407 e. The fraction of sp³-hybridized carbons (Fsp3) is 0.423. The molecule has 0 bridgehead atoms. The lowest BCUT2D eigenvalue weighted by Crippen LogP contribution is -2.34. The minimum atomic E-state index is -0.773. The van der Waals surface area contributed by atoms with E-state index in [1.54, 1.807) is 0 Å². The number of aliphatic carboxylic acids is 1. The molecule has 0 spiro atoms. The van der Waals surface area contributed by atoms with Crippen LogP contribution < -0.4 is 10.6 Å². The van der Waals surface area contributed by atoms with E-state index in [0.29, 0.717) is 25.3 Å². The third-order valence-electron chi connectivity index (χ3n) is 6.63. The molecule has 8 heteroatoms. The Morgan fingerprint density at radius 2 is 1.65 bits per heavy atom. The van der Waals surface area contributed by atoms with Crippen LogP contribution in [0.3, 0.4) is 0 Å². The quantitative estimate of drug-likeness (QED) is 0.444. The van der Waals surface area contributed by atoms with Crippen LogP contribution in [0.5, 0.6) is 0 Å². The second kappa shape index (κ2) is 11.4. The van der Waals surface area contributed by atoms with Crippen molar-refractivity contribution in [1.82, 2.24) is 10.6 Å². The average Bonchev–Trinajstić information content (AvgIpc) is 3.44. The van der Waals surface area contributed by atoms with E-state index in [1.807, 2.05) is 24.3 Å². The van der Waals surface area contributed by atoms with Crippen molar-refractivity contribution in [2.75, 3.05) is 31.2 Å². The topological polar surface area (TPSA) is 105 Å². The van der Waals surface area contributed by atoms with Crippen LogP contribution in [0.25, 0.3) is 11.1 Å². The first-order valence-corrected chi connectivity index (χ1v) is 12.9. The third kappa shape index (κ3) is 5.73. The van der Waals surface area contributed by atoms with Crippen molar-refractivity contribution in [2.24, 2.45) is 11.8 Å². The van der Waals surface area contributed by atoms with Crippen LogP contribution in [0.4, 0.5) is 4.79 Å². The Hall–Kier alpha value is -3.00. The molecule has 0 aliphatic heterocycles. The largest absolute Gasteiger partial charge is 0.481 e. The van der Waals surface area contributed by atoms with Gasteiger partial charge in [-0.25, -0.2) is 4.79 Å². The van der Waals surface area contributed by atoms with Crippen molar-refractivity contribution in [3.05, 3.63) is 59.7 Å². The second-order valence-electron chi connectivity index (χ2n) is 8.74. The zero-order valence-electron chi connectivity index (χ0n) is 19.0. The summed E-state index contributed by atoms with van der Waals surface area (Å²) in [6.45, 7) is 1.08. The SMILES string of the molecule is O=C(CSCCNC(=O)OCC1c2ccccc2-c2ccccc21)NCC1CCCC1C(=O)O. The molecule has 2 atom stereocenters. The van der Waals surface area contributed by atoms with Crippen molar-refractivity contribution < 1.29 is 24.2 Å². The van der Waals surface area contributed by atoms with Crippen LogP contribution in [0.2, 0.25) is 0 Å². The number of thioether (sulfide) groups is 1. The first kappa shape index (κ1) is 24.1. The van der Waals surface area contributed by atoms with Gasteiger partial charge in [0.15, 0.2) is 0 Å². The van der Waals surface area contributed by atoms with Gasteiger partial charge in [-0.05, 0) is 41.0 Å². The summed E-state index contributed by atoms with van der Waals surface area (Å²) in [6.07, 6.45) is 1.96. The highest BCUT2D eigenvalue weighted by molar-refractivity contribution is 7.99. The molecule has 3 N–H and O–H groups in total. The molecule has 1 fully saturated rings. The van der Waals surface area contributed by atoms with Crippen molar-refractivity contribution in [3.63, 3.8) is 0 Å². The van der Waals surface area contributed by atoms with Crippen molar-refractivity contribution in [3.8, 4) is 11.1 Å². The van der Waals surface area contributed by atoms with Crippen LogP contribution in [-0.2, 0) is 14.3 Å². The molecule has 7 nitrogen and oxygen atoms in total. The zero-order valence-corrected chi connectivity index (χ0v) is 19.8.